The van der Waals surface area contributed by atoms with Crippen molar-refractivity contribution in [3.8, 4) is 5.75 Å². The third-order valence-corrected chi connectivity index (χ3v) is 18.5. The van der Waals surface area contributed by atoms with Crippen LogP contribution in [-0.4, -0.2) is 205 Å². The number of aliphatic hydroxyl groups is 3. The zero-order chi connectivity index (χ0) is 62.8. The molecule has 0 spiro atoms. The summed E-state index contributed by atoms with van der Waals surface area (Å²) in [6.45, 7) is 7.29. The summed E-state index contributed by atoms with van der Waals surface area (Å²) >= 11 is 1.58. The number of thioether (sulfide) groups is 1. The van der Waals surface area contributed by atoms with E-state index in [4.69, 9.17) is 16.2 Å². The van der Waals surface area contributed by atoms with E-state index in [-0.39, 0.29) is 40.0 Å². The van der Waals surface area contributed by atoms with Crippen molar-refractivity contribution in [1.29, 1.82) is 0 Å². The van der Waals surface area contributed by atoms with Crippen molar-refractivity contribution in [1.82, 2.24) is 52.0 Å². The number of amides is 11. The molecule has 85 heavy (non-hydrogen) atoms. The number of carbonyl (C=O) groups is 11. The number of nitrogens with one attached hydrogen (secondary N) is 8. The summed E-state index contributed by atoms with van der Waals surface area (Å²) in [6, 6.07) is -6.57. The van der Waals surface area contributed by atoms with Gasteiger partial charge < -0.3 is 83.5 Å². The van der Waals surface area contributed by atoms with Crippen LogP contribution in [0.1, 0.15) is 110 Å². The van der Waals surface area contributed by atoms with E-state index < -0.39 is 163 Å². The minimum Gasteiger partial charge on any atom is -0.496 e. The maximum absolute atomic E-state index is 15.3. The van der Waals surface area contributed by atoms with E-state index in [0.29, 0.717) is 79.7 Å². The van der Waals surface area contributed by atoms with Gasteiger partial charge in [0.15, 0.2) is 0 Å². The Labute approximate surface area is 499 Å². The summed E-state index contributed by atoms with van der Waals surface area (Å²) in [6.07, 6.45) is -0.333. The average Bonchev–Trinajstić information content (AvgIpc) is 3.54. The molecule has 472 valence electrons. The molecule has 2 fully saturated rings. The third-order valence-electron chi connectivity index (χ3n) is 15.6. The van der Waals surface area contributed by atoms with Crippen molar-refractivity contribution in [3.05, 3.63) is 23.3 Å². The lowest BCUT2D eigenvalue weighted by Crippen LogP contribution is -2.61. The van der Waals surface area contributed by atoms with Gasteiger partial charge in [-0.25, -0.2) is 0 Å². The van der Waals surface area contributed by atoms with E-state index in [0.717, 1.165) is 17.7 Å². The Balaban J connectivity index is 1.58. The van der Waals surface area contributed by atoms with Crippen LogP contribution in [0, 0.1) is 11.8 Å². The van der Waals surface area contributed by atoms with Gasteiger partial charge in [-0.05, 0) is 49.3 Å². The van der Waals surface area contributed by atoms with Crippen LogP contribution in [-0.2, 0) is 75.7 Å². The van der Waals surface area contributed by atoms with E-state index in [9.17, 15) is 68.1 Å². The van der Waals surface area contributed by atoms with Gasteiger partial charge in [0, 0.05) is 86.7 Å². The molecule has 5 rings (SSSR count). The predicted molar refractivity (Wildman–Crippen MR) is 312 cm³/mol. The first-order valence-electron chi connectivity index (χ1n) is 28.7. The highest BCUT2D eigenvalue weighted by molar-refractivity contribution is 7.99. The zero-order valence-electron chi connectivity index (χ0n) is 49.0. The monoisotopic (exact) mass is 1230 g/mol. The van der Waals surface area contributed by atoms with Gasteiger partial charge in [0.25, 0.3) is 0 Å². The molecule has 2 aromatic rings. The molecule has 0 aliphatic carbocycles. The number of primary amides is 2. The number of nitrogens with two attached hydrogens (primary N) is 2. The fraction of sp³-hybridized carbons (Fsp3) is 0.655. The van der Waals surface area contributed by atoms with Crippen LogP contribution in [0.3, 0.4) is 0 Å². The summed E-state index contributed by atoms with van der Waals surface area (Å²) in [7, 11) is -1.000. The van der Waals surface area contributed by atoms with Gasteiger partial charge in [-0.1, -0.05) is 40.5 Å². The van der Waals surface area contributed by atoms with Gasteiger partial charge in [-0.15, -0.1) is 0 Å². The molecule has 0 bridgehead atoms. The molecular weight excluding hydrogens is 1150 g/mol. The molecule has 2 saturated heterocycles. The Morgan fingerprint density at radius 3 is 2.26 bits per heavy atom. The number of aliphatic hydroxyl groups excluding tert-OH is 3. The van der Waals surface area contributed by atoms with Crippen LogP contribution in [0.15, 0.2) is 17.2 Å². The van der Waals surface area contributed by atoms with E-state index in [1.165, 1.54) is 21.0 Å². The molecule has 1 aromatic carbocycles. The number of ether oxygens (including phenoxy) is 1. The summed E-state index contributed by atoms with van der Waals surface area (Å²) in [5.41, 5.74) is 12.7. The first kappa shape index (κ1) is 68.9. The SMILES string of the molecule is CCC(=O)N[C@H](C(=O)NCC(=O)N[C@H]1CS(=O)c2[nH]c3c(CSC4CCN(C(=O)CCCCCNC(C)=O)CC4)c(OC)ccc3c2C[C@@H](C(N)=O)NC(=O)[C@H]([C@@H](C)[C@@H](O)CO)NC(=O)[C@@H]2C[C@@H](O)CN2C(=O)[C@H](CC(N)=O)NC1=O)[C@@H](C)CC. The average molecular weight is 1230 g/mol. The number of piperidine rings is 1. The number of hydrogen-bond donors (Lipinski definition) is 13. The smallest absolute Gasteiger partial charge is 0.246 e. The normalized spacial score (nSPS) is 23.3. The Morgan fingerprint density at radius 2 is 1.64 bits per heavy atom. The van der Waals surface area contributed by atoms with Gasteiger partial charge in [0.1, 0.15) is 47.0 Å². The molecule has 0 saturated carbocycles. The number of hydrogen-bond acceptors (Lipinski definition) is 17. The molecule has 15 N–H and O–H groups in total. The standard InChI is InChI=1S/C55H84N12O16S2/c1-7-28(3)46(63-43(73)8-2)52(79)59-23-44(74)60-38-27-85(82)54-34(33-13-14-41(83-6)35(48(33)65-54)26-84-32-15-18-66(19-16-32)45(75)12-10-9-11-17-58-30(5)69)21-36(49(57)76)61-53(80)47(29(4)40(71)25-68)64-51(78)39-20-31(70)24-67(39)55(81)37(22-42(56)72)62-50(38)77/h13-14,28-29,31-32,36-40,46-47,65,68,70-71H,7-12,15-27H2,1-6H3,(H2,56,72)(H2,57,76)(H,58,69)(H,59,79)(H,60,74)(H,61,80)(H,62,77)(H,63,73)(H,64,78)/t28-,29-,31+,36-,37-,38-,39-,40-,46-,47-,85?/m0/s1. The number of nitrogens with zero attached hydrogens (tertiary/aromatic N) is 2. The number of fused-ring (bicyclic) bond motifs is 4. The summed E-state index contributed by atoms with van der Waals surface area (Å²) in [4.78, 5) is 154. The quantitative estimate of drug-likeness (QED) is 0.0468. The molecule has 0 radical (unpaired) electrons. The van der Waals surface area contributed by atoms with Crippen LogP contribution < -0.4 is 53.4 Å². The lowest BCUT2D eigenvalue weighted by molar-refractivity contribution is -0.144. The fourth-order valence-corrected chi connectivity index (χ4v) is 13.0. The second-order valence-electron chi connectivity index (χ2n) is 21.8. The van der Waals surface area contributed by atoms with Gasteiger partial charge in [-0.3, -0.25) is 56.9 Å². The van der Waals surface area contributed by atoms with E-state index in [1.54, 1.807) is 44.7 Å². The van der Waals surface area contributed by atoms with Crippen LogP contribution in [0.2, 0.25) is 0 Å². The first-order chi connectivity index (χ1) is 40.3. The fourth-order valence-electron chi connectivity index (χ4n) is 10.4. The van der Waals surface area contributed by atoms with Crippen molar-refractivity contribution in [3.63, 3.8) is 0 Å². The number of aromatic amines is 1. The maximum Gasteiger partial charge on any atom is 0.246 e. The topological polar surface area (TPSA) is 433 Å². The minimum atomic E-state index is -2.45. The van der Waals surface area contributed by atoms with Gasteiger partial charge in [-0.2, -0.15) is 11.8 Å². The molecule has 30 heteroatoms. The summed E-state index contributed by atoms with van der Waals surface area (Å²) in [5, 5.41) is 49.7. The van der Waals surface area contributed by atoms with Gasteiger partial charge in [0.2, 0.25) is 65.0 Å². The molecular formula is C55H84N12O16S2. The number of unbranched alkanes of at least 4 members (excludes halogenated alkanes) is 2. The molecule has 1 aromatic heterocycles. The number of rotatable bonds is 24. The van der Waals surface area contributed by atoms with Gasteiger partial charge >= 0.3 is 0 Å². The van der Waals surface area contributed by atoms with Crippen molar-refractivity contribution >= 4 is 98.4 Å². The Morgan fingerprint density at radius 1 is 0.929 bits per heavy atom. The number of aromatic nitrogens is 1. The largest absolute Gasteiger partial charge is 0.496 e. The predicted octanol–water partition coefficient (Wildman–Crippen LogP) is -2.93. The van der Waals surface area contributed by atoms with Crippen LogP contribution in [0.5, 0.6) is 5.75 Å². The van der Waals surface area contributed by atoms with Crippen LogP contribution >= 0.6 is 11.8 Å². The van der Waals surface area contributed by atoms with Crippen molar-refractivity contribution in [2.75, 3.05) is 52.2 Å². The highest BCUT2D eigenvalue weighted by Crippen LogP contribution is 2.38. The van der Waals surface area contributed by atoms with Crippen molar-refractivity contribution in [2.24, 2.45) is 23.3 Å². The Bertz CT molecular complexity index is 2790. The molecule has 4 heterocycles. The number of carbonyl (C=O) groups excluding carboxylic acids is 11. The number of likely N-dealkylation sites (tertiary alicyclic amines) is 1. The third kappa shape index (κ3) is 19.1. The molecule has 28 nitrogen and oxygen atoms in total. The summed E-state index contributed by atoms with van der Waals surface area (Å²) in [5.74, 6) is -10.7. The van der Waals surface area contributed by atoms with Crippen LogP contribution in [0.25, 0.3) is 10.9 Å². The second-order valence-corrected chi connectivity index (χ2v) is 24.5. The van der Waals surface area contributed by atoms with Gasteiger partial charge in [0.05, 0.1) is 61.0 Å². The molecule has 3 aliphatic heterocycles. The second kappa shape index (κ2) is 32.6. The summed E-state index contributed by atoms with van der Waals surface area (Å²) < 4.78 is 21.2. The van der Waals surface area contributed by atoms with E-state index in [2.05, 4.69) is 42.2 Å². The Kier molecular flexibility index (Phi) is 26.4. The highest BCUT2D eigenvalue weighted by Gasteiger charge is 2.45. The number of H-pyrrole nitrogens is 1. The van der Waals surface area contributed by atoms with E-state index in [1.807, 2.05) is 4.90 Å². The zero-order valence-corrected chi connectivity index (χ0v) is 50.6. The molecule has 11 amide bonds. The number of benzene rings is 1. The Hall–Kier alpha value is -6.89. The van der Waals surface area contributed by atoms with E-state index >= 15 is 4.21 Å². The lowest BCUT2D eigenvalue weighted by atomic mass is 9.93. The van der Waals surface area contributed by atoms with Crippen molar-refractivity contribution in [2.45, 2.75) is 170 Å². The lowest BCUT2D eigenvalue weighted by Gasteiger charge is -2.32. The maximum atomic E-state index is 15.3. The molecule has 3 aliphatic rings. The highest BCUT2D eigenvalue weighted by atomic mass is 32.2. The first-order valence-corrected chi connectivity index (χ1v) is 31.0. The molecule has 11 atom stereocenters. The number of methoxy groups -OCH3 is 1. The minimum absolute atomic E-state index is 0.0472. The van der Waals surface area contributed by atoms with Crippen molar-refractivity contribution < 1.29 is 77.0 Å². The molecule has 1 unspecified atom stereocenters. The van der Waals surface area contributed by atoms with Crippen LogP contribution in [0.4, 0.5) is 0 Å².